The summed E-state index contributed by atoms with van der Waals surface area (Å²) in [6, 6.07) is 22.8. The molecule has 0 fully saturated rings. The lowest BCUT2D eigenvalue weighted by Crippen LogP contribution is -2.33. The summed E-state index contributed by atoms with van der Waals surface area (Å²) >= 11 is 0. The van der Waals surface area contributed by atoms with Gasteiger partial charge in [-0.05, 0) is 76.1 Å². The molecular formula is C33H38N4O5. The molecule has 0 spiro atoms. The maximum atomic E-state index is 13.2. The largest absolute Gasteiger partial charge is 0.462 e. The van der Waals surface area contributed by atoms with Crippen LogP contribution in [0.2, 0.25) is 0 Å². The van der Waals surface area contributed by atoms with Gasteiger partial charge in [0.25, 0.3) is 5.91 Å². The van der Waals surface area contributed by atoms with Crippen LogP contribution in [0.5, 0.6) is 0 Å². The number of esters is 1. The number of fused-ring (bicyclic) bond motifs is 1. The van der Waals surface area contributed by atoms with Crippen LogP contribution in [-0.2, 0) is 20.8 Å². The van der Waals surface area contributed by atoms with E-state index in [4.69, 9.17) is 9.47 Å². The summed E-state index contributed by atoms with van der Waals surface area (Å²) in [6.07, 6.45) is 0.368. The van der Waals surface area contributed by atoms with Crippen molar-refractivity contribution in [2.45, 2.75) is 46.3 Å². The molecule has 0 saturated heterocycles. The first kappa shape index (κ1) is 30.3. The first-order valence-corrected chi connectivity index (χ1v) is 14.1. The van der Waals surface area contributed by atoms with Crippen molar-refractivity contribution < 1.29 is 23.9 Å². The summed E-state index contributed by atoms with van der Waals surface area (Å²) in [4.78, 5) is 37.2. The highest BCUT2D eigenvalue weighted by Gasteiger charge is 2.29. The Kier molecular flexibility index (Phi) is 9.98. The van der Waals surface area contributed by atoms with E-state index >= 15 is 0 Å². The van der Waals surface area contributed by atoms with Gasteiger partial charge in [0.15, 0.2) is 0 Å². The molecule has 42 heavy (non-hydrogen) atoms. The maximum absolute atomic E-state index is 13.2. The van der Waals surface area contributed by atoms with Crippen molar-refractivity contribution >= 4 is 40.6 Å². The van der Waals surface area contributed by atoms with Crippen LogP contribution < -0.4 is 21.3 Å². The van der Waals surface area contributed by atoms with Gasteiger partial charge in [-0.1, -0.05) is 48.5 Å². The van der Waals surface area contributed by atoms with E-state index in [1.54, 1.807) is 25.1 Å². The minimum absolute atomic E-state index is 0.251. The molecule has 1 aliphatic rings. The fourth-order valence-electron chi connectivity index (χ4n) is 4.45. The number of nitrogens with one attached hydrogen (secondary N) is 4. The fraction of sp³-hybridized carbons (Fsp3) is 0.303. The summed E-state index contributed by atoms with van der Waals surface area (Å²) < 4.78 is 10.4. The summed E-state index contributed by atoms with van der Waals surface area (Å²) in [5.41, 5.74) is 5.11. The summed E-state index contributed by atoms with van der Waals surface area (Å²) in [5.74, 6) is -0.681. The van der Waals surface area contributed by atoms with Crippen molar-refractivity contribution in [1.82, 2.24) is 10.6 Å². The fourth-order valence-corrected chi connectivity index (χ4v) is 4.45. The molecule has 2 amide bonds. The van der Waals surface area contributed by atoms with Crippen molar-refractivity contribution in [3.8, 4) is 0 Å². The topological polar surface area (TPSA) is 118 Å². The van der Waals surface area contributed by atoms with Crippen LogP contribution in [-0.4, -0.2) is 43.3 Å². The lowest BCUT2D eigenvalue weighted by molar-refractivity contribution is -0.110. The van der Waals surface area contributed by atoms with E-state index in [9.17, 15) is 14.4 Å². The number of ether oxygens (including phenoxy) is 2. The van der Waals surface area contributed by atoms with Gasteiger partial charge in [0.1, 0.15) is 5.60 Å². The number of anilines is 2. The predicted molar refractivity (Wildman–Crippen MR) is 165 cm³/mol. The minimum Gasteiger partial charge on any atom is -0.462 e. The molecule has 0 saturated carbocycles. The zero-order valence-electron chi connectivity index (χ0n) is 24.5. The smallest absolute Gasteiger partial charge is 0.407 e. The molecule has 0 aromatic heterocycles. The van der Waals surface area contributed by atoms with Gasteiger partial charge >= 0.3 is 12.1 Å². The van der Waals surface area contributed by atoms with Crippen molar-refractivity contribution in [2.75, 3.05) is 30.3 Å². The molecule has 3 aromatic rings. The standard InChI is InChI=1S/C33H38N4O5/c1-5-41-31(39)24-14-17-26-27(20-24)37-30(38)28(26)29(23-10-7-6-8-11-23)36-25-15-12-22(13-16-25)21-34-18-9-19-35-32(40)42-33(2,3)4/h6-8,10-17,20,34,36H,5,9,18-19,21H2,1-4H3,(H,35,40)(H,37,38)/b29-28-. The van der Waals surface area contributed by atoms with E-state index < -0.39 is 17.7 Å². The molecule has 1 heterocycles. The van der Waals surface area contributed by atoms with Crippen LogP contribution in [0.4, 0.5) is 16.2 Å². The van der Waals surface area contributed by atoms with Crippen LogP contribution in [0, 0.1) is 0 Å². The highest BCUT2D eigenvalue weighted by atomic mass is 16.6. The first-order chi connectivity index (χ1) is 20.1. The lowest BCUT2D eigenvalue weighted by atomic mass is 9.99. The van der Waals surface area contributed by atoms with Crippen molar-refractivity contribution in [2.24, 2.45) is 0 Å². The van der Waals surface area contributed by atoms with Gasteiger partial charge in [-0.3, -0.25) is 4.79 Å². The third-order valence-electron chi connectivity index (χ3n) is 6.34. The number of alkyl carbamates (subject to hydrolysis) is 1. The molecule has 0 unspecified atom stereocenters. The van der Waals surface area contributed by atoms with E-state index in [0.717, 1.165) is 29.8 Å². The lowest BCUT2D eigenvalue weighted by Gasteiger charge is -2.19. The zero-order chi connectivity index (χ0) is 30.1. The minimum atomic E-state index is -0.509. The van der Waals surface area contributed by atoms with Gasteiger partial charge in [0.2, 0.25) is 0 Å². The number of carbonyl (C=O) groups is 3. The van der Waals surface area contributed by atoms with Crippen molar-refractivity contribution in [1.29, 1.82) is 0 Å². The summed E-state index contributed by atoms with van der Waals surface area (Å²) in [7, 11) is 0. The van der Waals surface area contributed by atoms with E-state index in [1.165, 1.54) is 0 Å². The number of benzene rings is 3. The Morgan fingerprint density at radius 2 is 1.64 bits per heavy atom. The molecule has 3 aromatic carbocycles. The third-order valence-corrected chi connectivity index (χ3v) is 6.34. The van der Waals surface area contributed by atoms with Gasteiger partial charge in [0.05, 0.1) is 29.1 Å². The Hall–Kier alpha value is -4.63. The molecule has 220 valence electrons. The normalized spacial score (nSPS) is 13.6. The van der Waals surface area contributed by atoms with Crippen LogP contribution >= 0.6 is 0 Å². The maximum Gasteiger partial charge on any atom is 0.407 e. The molecule has 0 bridgehead atoms. The summed E-state index contributed by atoms with van der Waals surface area (Å²) in [5, 5.41) is 12.5. The van der Waals surface area contributed by atoms with E-state index in [0.29, 0.717) is 41.2 Å². The molecule has 4 N–H and O–H groups in total. The van der Waals surface area contributed by atoms with E-state index in [-0.39, 0.29) is 12.5 Å². The van der Waals surface area contributed by atoms with E-state index in [2.05, 4.69) is 21.3 Å². The van der Waals surface area contributed by atoms with E-state index in [1.807, 2.05) is 75.4 Å². The molecule has 9 nitrogen and oxygen atoms in total. The Morgan fingerprint density at radius 1 is 0.905 bits per heavy atom. The molecule has 0 radical (unpaired) electrons. The number of hydrogen-bond acceptors (Lipinski definition) is 7. The third kappa shape index (κ3) is 8.20. The molecule has 9 heteroatoms. The number of carbonyl (C=O) groups excluding carboxylic acids is 3. The number of rotatable bonds is 11. The van der Waals surface area contributed by atoms with Crippen molar-refractivity contribution in [3.63, 3.8) is 0 Å². The number of amides is 2. The average molecular weight is 571 g/mol. The summed E-state index contributed by atoms with van der Waals surface area (Å²) in [6.45, 7) is 9.49. The van der Waals surface area contributed by atoms with Gasteiger partial charge in [0, 0.05) is 24.3 Å². The second-order valence-electron chi connectivity index (χ2n) is 10.8. The zero-order valence-corrected chi connectivity index (χ0v) is 24.5. The Morgan fingerprint density at radius 3 is 2.33 bits per heavy atom. The highest BCUT2D eigenvalue weighted by molar-refractivity contribution is 6.37. The SMILES string of the molecule is CCOC(=O)c1ccc2c(c1)NC(=O)/C2=C(\Nc1ccc(CNCCCNC(=O)OC(C)(C)C)cc1)c1ccccc1. The van der Waals surface area contributed by atoms with Crippen molar-refractivity contribution in [3.05, 3.63) is 95.1 Å². The quantitative estimate of drug-likeness (QED) is 0.131. The average Bonchev–Trinajstić information content (AvgIpc) is 3.28. The molecular weight excluding hydrogens is 532 g/mol. The Bertz CT molecular complexity index is 1440. The van der Waals surface area contributed by atoms with Crippen LogP contribution in [0.15, 0.2) is 72.8 Å². The monoisotopic (exact) mass is 570 g/mol. The van der Waals surface area contributed by atoms with Crippen LogP contribution in [0.1, 0.15) is 61.2 Å². The second-order valence-corrected chi connectivity index (χ2v) is 10.8. The Labute approximate surface area is 246 Å². The van der Waals surface area contributed by atoms with Gasteiger partial charge in [-0.15, -0.1) is 0 Å². The van der Waals surface area contributed by atoms with Gasteiger partial charge in [-0.2, -0.15) is 0 Å². The first-order valence-electron chi connectivity index (χ1n) is 14.1. The van der Waals surface area contributed by atoms with Crippen LogP contribution in [0.25, 0.3) is 11.3 Å². The van der Waals surface area contributed by atoms with Gasteiger partial charge < -0.3 is 30.7 Å². The molecule has 1 aliphatic heterocycles. The Balaban J connectivity index is 1.43. The molecule has 4 rings (SSSR count). The van der Waals surface area contributed by atoms with Gasteiger partial charge in [-0.25, -0.2) is 9.59 Å². The van der Waals surface area contributed by atoms with Crippen LogP contribution in [0.3, 0.4) is 0 Å². The highest BCUT2D eigenvalue weighted by Crippen LogP contribution is 2.38. The molecule has 0 atom stereocenters. The number of hydrogen-bond donors (Lipinski definition) is 4. The molecule has 0 aliphatic carbocycles. The second kappa shape index (κ2) is 13.8. The predicted octanol–water partition coefficient (Wildman–Crippen LogP) is 5.80.